The number of thioether (sulfide) groups is 1. The van der Waals surface area contributed by atoms with Crippen LogP contribution in [0.3, 0.4) is 0 Å². The van der Waals surface area contributed by atoms with Crippen LogP contribution >= 0.6 is 35.3 Å². The van der Waals surface area contributed by atoms with Gasteiger partial charge in [-0.2, -0.15) is 0 Å². The molecule has 0 aliphatic rings. The lowest BCUT2D eigenvalue weighted by Crippen LogP contribution is -2.18. The number of hydrogen-bond donors (Lipinski definition) is 1. The van der Waals surface area contributed by atoms with E-state index in [0.717, 1.165) is 34.1 Å². The number of pyridine rings is 1. The first-order valence-corrected chi connectivity index (χ1v) is 9.16. The molecule has 0 aliphatic carbocycles. The summed E-state index contributed by atoms with van der Waals surface area (Å²) in [4.78, 5) is 8.72. The highest BCUT2D eigenvalue weighted by atomic mass is 32.2. The Morgan fingerprint density at radius 3 is 2.95 bits per heavy atom. The highest BCUT2D eigenvalue weighted by Gasteiger charge is 2.04. The van der Waals surface area contributed by atoms with E-state index in [-0.39, 0.29) is 0 Å². The van der Waals surface area contributed by atoms with E-state index in [0.29, 0.717) is 0 Å². The fraction of sp³-hybridized carbons (Fsp3) is 0.188. The SMILES string of the molecule is S=C(NCc1cccnc1)SCCc1nc2ccccc2s1. The molecule has 0 bridgehead atoms. The fourth-order valence-corrected chi connectivity index (χ4v) is 4.06. The summed E-state index contributed by atoms with van der Waals surface area (Å²) in [5.41, 5.74) is 2.22. The number of para-hydroxylation sites is 1. The standard InChI is InChI=1S/C16H15N3S3/c20-16(18-11-12-4-3-8-17-10-12)21-9-7-15-19-13-5-1-2-6-14(13)22-15/h1-6,8,10H,7,9,11H2,(H,18,20). The predicted molar refractivity (Wildman–Crippen MR) is 99.5 cm³/mol. The third kappa shape index (κ3) is 4.25. The van der Waals surface area contributed by atoms with E-state index in [4.69, 9.17) is 12.2 Å². The zero-order valence-corrected chi connectivity index (χ0v) is 14.3. The average molecular weight is 346 g/mol. The predicted octanol–water partition coefficient (Wildman–Crippen LogP) is 4.04. The van der Waals surface area contributed by atoms with E-state index in [9.17, 15) is 0 Å². The number of benzene rings is 1. The number of thiocarbonyl (C=S) groups is 1. The van der Waals surface area contributed by atoms with Gasteiger partial charge in [-0.3, -0.25) is 4.98 Å². The first kappa shape index (κ1) is 15.4. The largest absolute Gasteiger partial charge is 0.367 e. The maximum absolute atomic E-state index is 5.35. The number of rotatable bonds is 5. The van der Waals surface area contributed by atoms with Gasteiger partial charge in [-0.05, 0) is 23.8 Å². The monoisotopic (exact) mass is 345 g/mol. The maximum atomic E-state index is 5.35. The van der Waals surface area contributed by atoms with E-state index < -0.39 is 0 Å². The minimum Gasteiger partial charge on any atom is -0.367 e. The Kier molecular flexibility index (Phi) is 5.37. The first-order chi connectivity index (χ1) is 10.8. The van der Waals surface area contributed by atoms with Crippen molar-refractivity contribution in [1.29, 1.82) is 0 Å². The normalized spacial score (nSPS) is 10.7. The molecule has 1 aromatic carbocycles. The summed E-state index contributed by atoms with van der Waals surface area (Å²) in [6.07, 6.45) is 4.56. The number of aromatic nitrogens is 2. The zero-order chi connectivity index (χ0) is 15.2. The van der Waals surface area contributed by atoms with E-state index in [1.165, 1.54) is 9.71 Å². The van der Waals surface area contributed by atoms with Crippen LogP contribution in [0.2, 0.25) is 0 Å². The first-order valence-electron chi connectivity index (χ1n) is 6.95. The van der Waals surface area contributed by atoms with Crippen LogP contribution in [0.25, 0.3) is 10.2 Å². The minimum atomic E-state index is 0.723. The number of fused-ring (bicyclic) bond motifs is 1. The smallest absolute Gasteiger partial charge is 0.134 e. The van der Waals surface area contributed by atoms with Crippen molar-refractivity contribution in [3.05, 3.63) is 59.4 Å². The Balaban J connectivity index is 1.43. The second-order valence-electron chi connectivity index (χ2n) is 4.68. The molecular weight excluding hydrogens is 330 g/mol. The molecule has 6 heteroatoms. The lowest BCUT2D eigenvalue weighted by Gasteiger charge is -2.06. The Morgan fingerprint density at radius 2 is 2.14 bits per heavy atom. The second kappa shape index (κ2) is 7.67. The van der Waals surface area contributed by atoms with Crippen LogP contribution in [0.5, 0.6) is 0 Å². The lowest BCUT2D eigenvalue weighted by molar-refractivity contribution is 0.929. The Morgan fingerprint density at radius 1 is 1.23 bits per heavy atom. The van der Waals surface area contributed by atoms with E-state index >= 15 is 0 Å². The summed E-state index contributed by atoms with van der Waals surface area (Å²) >= 11 is 8.78. The third-order valence-corrected chi connectivity index (χ3v) is 5.46. The molecule has 1 N–H and O–H groups in total. The van der Waals surface area contributed by atoms with Gasteiger partial charge in [0.05, 0.1) is 15.2 Å². The molecule has 3 aromatic rings. The molecule has 2 aromatic heterocycles. The van der Waals surface area contributed by atoms with Crippen molar-refractivity contribution in [3.8, 4) is 0 Å². The van der Waals surface area contributed by atoms with Gasteiger partial charge in [0.25, 0.3) is 0 Å². The Labute approximate surface area is 143 Å². The van der Waals surface area contributed by atoms with Gasteiger partial charge in [0.15, 0.2) is 0 Å². The van der Waals surface area contributed by atoms with E-state index in [2.05, 4.69) is 33.5 Å². The van der Waals surface area contributed by atoms with Gasteiger partial charge in [0.1, 0.15) is 4.32 Å². The van der Waals surface area contributed by atoms with Gasteiger partial charge >= 0.3 is 0 Å². The molecule has 22 heavy (non-hydrogen) atoms. The van der Waals surface area contributed by atoms with Crippen molar-refractivity contribution in [3.63, 3.8) is 0 Å². The Bertz CT molecular complexity index is 722. The number of thiazole rings is 1. The van der Waals surface area contributed by atoms with Crippen molar-refractivity contribution in [2.45, 2.75) is 13.0 Å². The van der Waals surface area contributed by atoms with Gasteiger partial charge in [-0.1, -0.05) is 42.2 Å². The van der Waals surface area contributed by atoms with Crippen molar-refractivity contribution in [1.82, 2.24) is 15.3 Å². The number of nitrogens with one attached hydrogen (secondary N) is 1. The van der Waals surface area contributed by atoms with E-state index in [1.54, 1.807) is 29.3 Å². The molecule has 112 valence electrons. The molecule has 0 amide bonds. The molecule has 0 radical (unpaired) electrons. The number of aryl methyl sites for hydroxylation is 1. The summed E-state index contributed by atoms with van der Waals surface area (Å²) in [6.45, 7) is 0.723. The molecule has 0 spiro atoms. The summed E-state index contributed by atoms with van der Waals surface area (Å²) in [5.74, 6) is 0.943. The van der Waals surface area contributed by atoms with Crippen molar-refractivity contribution in [2.75, 3.05) is 5.75 Å². The van der Waals surface area contributed by atoms with Crippen molar-refractivity contribution >= 4 is 49.9 Å². The minimum absolute atomic E-state index is 0.723. The summed E-state index contributed by atoms with van der Waals surface area (Å²) in [6, 6.07) is 12.2. The van der Waals surface area contributed by atoms with Crippen molar-refractivity contribution in [2.24, 2.45) is 0 Å². The highest BCUT2D eigenvalue weighted by Crippen LogP contribution is 2.22. The maximum Gasteiger partial charge on any atom is 0.134 e. The molecular formula is C16H15N3S3. The zero-order valence-electron chi connectivity index (χ0n) is 11.9. The molecule has 0 aliphatic heterocycles. The summed E-state index contributed by atoms with van der Waals surface area (Å²) < 4.78 is 2.07. The van der Waals surface area contributed by atoms with Crippen LogP contribution in [0.1, 0.15) is 10.6 Å². The molecule has 3 rings (SSSR count). The highest BCUT2D eigenvalue weighted by molar-refractivity contribution is 8.22. The number of hydrogen-bond acceptors (Lipinski definition) is 5. The quantitative estimate of drug-likeness (QED) is 0.706. The van der Waals surface area contributed by atoms with Crippen LogP contribution in [-0.4, -0.2) is 20.0 Å². The van der Waals surface area contributed by atoms with Gasteiger partial charge in [-0.15, -0.1) is 11.3 Å². The topological polar surface area (TPSA) is 37.8 Å². The summed E-state index contributed by atoms with van der Waals surface area (Å²) in [7, 11) is 0. The molecule has 0 fully saturated rings. The van der Waals surface area contributed by atoms with Crippen LogP contribution in [0.15, 0.2) is 48.8 Å². The molecule has 0 atom stereocenters. The van der Waals surface area contributed by atoms with Crippen LogP contribution in [0, 0.1) is 0 Å². The third-order valence-electron chi connectivity index (χ3n) is 3.05. The fourth-order valence-electron chi connectivity index (χ4n) is 1.99. The Hall–Kier alpha value is -1.50. The molecule has 3 nitrogen and oxygen atoms in total. The van der Waals surface area contributed by atoms with Crippen LogP contribution in [0.4, 0.5) is 0 Å². The molecule has 0 saturated carbocycles. The van der Waals surface area contributed by atoms with Crippen LogP contribution < -0.4 is 5.32 Å². The van der Waals surface area contributed by atoms with E-state index in [1.807, 2.05) is 24.4 Å². The van der Waals surface area contributed by atoms with Crippen molar-refractivity contribution < 1.29 is 0 Å². The summed E-state index contributed by atoms with van der Waals surface area (Å²) in [5, 5.41) is 4.42. The molecule has 0 unspecified atom stereocenters. The van der Waals surface area contributed by atoms with Gasteiger partial charge < -0.3 is 5.32 Å². The lowest BCUT2D eigenvalue weighted by atomic mass is 10.3. The van der Waals surface area contributed by atoms with Crippen LogP contribution in [-0.2, 0) is 13.0 Å². The molecule has 2 heterocycles. The van der Waals surface area contributed by atoms with Gasteiger partial charge in [-0.25, -0.2) is 4.98 Å². The number of nitrogens with zero attached hydrogens (tertiary/aromatic N) is 2. The molecule has 0 saturated heterocycles. The average Bonchev–Trinajstić information content (AvgIpc) is 2.96. The second-order valence-corrected chi connectivity index (χ2v) is 7.56. The van der Waals surface area contributed by atoms with Gasteiger partial charge in [0.2, 0.25) is 0 Å². The van der Waals surface area contributed by atoms with Gasteiger partial charge in [0, 0.05) is 31.1 Å².